The molecule has 1 aromatic carbocycles. The van der Waals surface area contributed by atoms with E-state index in [4.69, 9.17) is 21.9 Å². The lowest BCUT2D eigenvalue weighted by atomic mass is 9.89. The monoisotopic (exact) mass is 356 g/mol. The van der Waals surface area contributed by atoms with Crippen molar-refractivity contribution in [1.29, 1.82) is 0 Å². The number of carbonyl (C=O) groups is 1. The average Bonchev–Trinajstić information content (AvgIpc) is 2.45. The Kier molecular flexibility index (Phi) is 4.75. The van der Waals surface area contributed by atoms with E-state index in [9.17, 15) is 4.79 Å². The van der Waals surface area contributed by atoms with Crippen LogP contribution in [-0.2, 0) is 16.0 Å². The summed E-state index contributed by atoms with van der Waals surface area (Å²) >= 11 is 3.38. The lowest BCUT2D eigenvalue weighted by molar-refractivity contribution is -0.132. The Balaban J connectivity index is 2.29. The molecule has 0 radical (unpaired) electrons. The zero-order chi connectivity index (χ0) is 15.6. The van der Waals surface area contributed by atoms with Crippen LogP contribution >= 0.6 is 15.9 Å². The van der Waals surface area contributed by atoms with E-state index in [0.717, 1.165) is 10.0 Å². The summed E-state index contributed by atoms with van der Waals surface area (Å²) in [5, 5.41) is 0. The second kappa shape index (κ2) is 6.21. The first-order valence-corrected chi connectivity index (χ1v) is 7.60. The maximum Gasteiger partial charge on any atom is 0.238 e. The predicted octanol–water partition coefficient (Wildman–Crippen LogP) is 0.732. The minimum absolute atomic E-state index is 0.351. The molecule has 21 heavy (non-hydrogen) atoms. The Labute approximate surface area is 132 Å². The Hall–Kier alpha value is -1.31. The average molecular weight is 357 g/mol. The molecule has 1 heterocycles. The fourth-order valence-electron chi connectivity index (χ4n) is 2.61. The molecule has 0 aliphatic carbocycles. The van der Waals surface area contributed by atoms with Crippen LogP contribution in [0.2, 0.25) is 0 Å². The van der Waals surface area contributed by atoms with Crippen molar-refractivity contribution in [3.63, 3.8) is 0 Å². The van der Waals surface area contributed by atoms with Crippen molar-refractivity contribution in [2.24, 2.45) is 5.73 Å². The third-order valence-electron chi connectivity index (χ3n) is 4.01. The van der Waals surface area contributed by atoms with Gasteiger partial charge in [-0.3, -0.25) is 9.69 Å². The number of anilines is 2. The highest BCUT2D eigenvalue weighted by atomic mass is 79.9. The molecule has 1 atom stereocenters. The second-order valence-corrected chi connectivity index (χ2v) is 6.35. The lowest BCUT2D eigenvalue weighted by Gasteiger charge is -2.41. The molecule has 1 aromatic rings. The molecular formula is C14H21BrN4O2. The van der Waals surface area contributed by atoms with Gasteiger partial charge >= 0.3 is 0 Å². The molecule has 0 saturated carbocycles. The Morgan fingerprint density at radius 2 is 2.00 bits per heavy atom. The largest absolute Gasteiger partial charge is 0.397 e. The van der Waals surface area contributed by atoms with E-state index in [1.165, 1.54) is 0 Å². The van der Waals surface area contributed by atoms with Crippen molar-refractivity contribution in [2.45, 2.75) is 18.9 Å². The standard InChI is InChI=1S/C14H21BrN4O2/c1-14(13(18)20,19-2-4-21-5-3-19)8-9-6-10(15)12(17)11(16)7-9/h6-7H,2-5,8,16-17H2,1H3,(H2,18,20). The third kappa shape index (κ3) is 3.30. The van der Waals surface area contributed by atoms with Crippen molar-refractivity contribution in [3.05, 3.63) is 22.2 Å². The molecule has 1 aliphatic rings. The van der Waals surface area contributed by atoms with Gasteiger partial charge in [0.25, 0.3) is 0 Å². The lowest BCUT2D eigenvalue weighted by Crippen LogP contribution is -2.60. The molecule has 0 spiro atoms. The molecule has 6 nitrogen and oxygen atoms in total. The van der Waals surface area contributed by atoms with Crippen molar-refractivity contribution in [3.8, 4) is 0 Å². The molecular weight excluding hydrogens is 336 g/mol. The van der Waals surface area contributed by atoms with Crippen LogP contribution in [0.15, 0.2) is 16.6 Å². The molecule has 7 heteroatoms. The van der Waals surface area contributed by atoms with Crippen LogP contribution < -0.4 is 17.2 Å². The van der Waals surface area contributed by atoms with Gasteiger partial charge in [0.05, 0.1) is 24.6 Å². The van der Waals surface area contributed by atoms with Crippen LogP contribution in [0.25, 0.3) is 0 Å². The predicted molar refractivity (Wildman–Crippen MR) is 86.7 cm³/mol. The van der Waals surface area contributed by atoms with Gasteiger partial charge < -0.3 is 21.9 Å². The summed E-state index contributed by atoms with van der Waals surface area (Å²) in [6, 6.07) is 3.68. The number of amides is 1. The molecule has 2 rings (SSSR count). The number of hydrogen-bond acceptors (Lipinski definition) is 5. The van der Waals surface area contributed by atoms with Gasteiger partial charge in [0.2, 0.25) is 5.91 Å². The van der Waals surface area contributed by atoms with Crippen molar-refractivity contribution < 1.29 is 9.53 Å². The Bertz CT molecular complexity index is 523. The SMILES string of the molecule is CC(Cc1cc(N)c(N)c(Br)c1)(C(N)=O)N1CCOCC1. The summed E-state index contributed by atoms with van der Waals surface area (Å²) in [5.74, 6) is -0.351. The maximum absolute atomic E-state index is 12.0. The first kappa shape index (κ1) is 16.1. The fraction of sp³-hybridized carbons (Fsp3) is 0.500. The highest BCUT2D eigenvalue weighted by molar-refractivity contribution is 9.10. The fourth-order valence-corrected chi connectivity index (χ4v) is 3.13. The summed E-state index contributed by atoms with van der Waals surface area (Å²) in [4.78, 5) is 14.1. The van der Waals surface area contributed by atoms with Gasteiger partial charge in [0.1, 0.15) is 5.54 Å². The number of rotatable bonds is 4. The van der Waals surface area contributed by atoms with Gasteiger partial charge in [0, 0.05) is 17.6 Å². The topological polar surface area (TPSA) is 108 Å². The number of nitrogen functional groups attached to an aromatic ring is 2. The van der Waals surface area contributed by atoms with Crippen LogP contribution in [-0.4, -0.2) is 42.6 Å². The summed E-state index contributed by atoms with van der Waals surface area (Å²) in [6.45, 7) is 4.45. The first-order chi connectivity index (χ1) is 9.84. The molecule has 0 aromatic heterocycles. The number of morpholine rings is 1. The van der Waals surface area contributed by atoms with Gasteiger partial charge in [-0.05, 0) is 47.0 Å². The van der Waals surface area contributed by atoms with Crippen LogP contribution in [0.5, 0.6) is 0 Å². The molecule has 1 fully saturated rings. The number of halogens is 1. The van der Waals surface area contributed by atoms with Gasteiger partial charge in [-0.2, -0.15) is 0 Å². The van der Waals surface area contributed by atoms with Crippen LogP contribution in [0, 0.1) is 0 Å². The van der Waals surface area contributed by atoms with E-state index in [1.807, 2.05) is 13.0 Å². The minimum Gasteiger partial charge on any atom is -0.397 e. The highest BCUT2D eigenvalue weighted by Crippen LogP contribution is 2.30. The van der Waals surface area contributed by atoms with E-state index in [-0.39, 0.29) is 5.91 Å². The van der Waals surface area contributed by atoms with Crippen LogP contribution in [0.1, 0.15) is 12.5 Å². The zero-order valence-electron chi connectivity index (χ0n) is 12.1. The van der Waals surface area contributed by atoms with E-state index >= 15 is 0 Å². The molecule has 1 saturated heterocycles. The van der Waals surface area contributed by atoms with E-state index in [0.29, 0.717) is 44.1 Å². The zero-order valence-corrected chi connectivity index (χ0v) is 13.6. The molecule has 116 valence electrons. The van der Waals surface area contributed by atoms with Crippen molar-refractivity contribution in [2.75, 3.05) is 37.8 Å². The smallest absolute Gasteiger partial charge is 0.238 e. The van der Waals surface area contributed by atoms with Gasteiger partial charge in [-0.25, -0.2) is 0 Å². The minimum atomic E-state index is -0.772. The number of hydrogen-bond donors (Lipinski definition) is 3. The van der Waals surface area contributed by atoms with Crippen LogP contribution in [0.3, 0.4) is 0 Å². The number of nitrogens with zero attached hydrogens (tertiary/aromatic N) is 1. The van der Waals surface area contributed by atoms with Crippen molar-refractivity contribution in [1.82, 2.24) is 4.90 Å². The first-order valence-electron chi connectivity index (χ1n) is 6.80. The number of ether oxygens (including phenoxy) is 1. The van der Waals surface area contributed by atoms with Gasteiger partial charge in [0.15, 0.2) is 0 Å². The second-order valence-electron chi connectivity index (χ2n) is 5.49. The maximum atomic E-state index is 12.0. The summed E-state index contributed by atoms with van der Waals surface area (Å²) in [6.07, 6.45) is 0.478. The highest BCUT2D eigenvalue weighted by Gasteiger charge is 2.38. The number of benzene rings is 1. The molecule has 6 N–H and O–H groups in total. The number of primary amides is 1. The molecule has 1 unspecified atom stereocenters. The summed E-state index contributed by atoms with van der Waals surface area (Å²) in [7, 11) is 0. The third-order valence-corrected chi connectivity index (χ3v) is 4.67. The number of carbonyl (C=O) groups excluding carboxylic acids is 1. The Morgan fingerprint density at radius 3 is 2.52 bits per heavy atom. The van der Waals surface area contributed by atoms with Crippen LogP contribution in [0.4, 0.5) is 11.4 Å². The van der Waals surface area contributed by atoms with Crippen molar-refractivity contribution >= 4 is 33.2 Å². The van der Waals surface area contributed by atoms with E-state index < -0.39 is 5.54 Å². The molecule has 1 aliphatic heterocycles. The number of nitrogens with two attached hydrogens (primary N) is 3. The molecule has 0 bridgehead atoms. The normalized spacial score (nSPS) is 19.1. The van der Waals surface area contributed by atoms with E-state index in [2.05, 4.69) is 20.8 Å². The van der Waals surface area contributed by atoms with Gasteiger partial charge in [-0.1, -0.05) is 0 Å². The summed E-state index contributed by atoms with van der Waals surface area (Å²) < 4.78 is 6.07. The summed E-state index contributed by atoms with van der Waals surface area (Å²) in [5.41, 5.74) is 18.5. The quantitative estimate of drug-likeness (QED) is 0.689. The molecule has 1 amide bonds. The van der Waals surface area contributed by atoms with E-state index in [1.54, 1.807) is 6.07 Å². The Morgan fingerprint density at radius 1 is 1.38 bits per heavy atom. The van der Waals surface area contributed by atoms with Gasteiger partial charge in [-0.15, -0.1) is 0 Å².